The summed E-state index contributed by atoms with van der Waals surface area (Å²) in [7, 11) is 0. The zero-order valence-corrected chi connectivity index (χ0v) is 10.9. The summed E-state index contributed by atoms with van der Waals surface area (Å²) in [6, 6.07) is 0. The van der Waals surface area contributed by atoms with Crippen LogP contribution >= 0.6 is 0 Å². The third kappa shape index (κ3) is 2.45. The van der Waals surface area contributed by atoms with Crippen LogP contribution in [0.2, 0.25) is 0 Å². The molecular weight excluding hydrogens is 182 g/mol. The number of nitrogens with zero attached hydrogens (tertiary/aromatic N) is 1. The van der Waals surface area contributed by atoms with Crippen LogP contribution in [0.3, 0.4) is 0 Å². The van der Waals surface area contributed by atoms with Crippen LogP contribution in [0.25, 0.3) is 0 Å². The lowest BCUT2D eigenvalue weighted by Gasteiger charge is -2.24. The van der Waals surface area contributed by atoms with Gasteiger partial charge >= 0.3 is 0 Å². The van der Waals surface area contributed by atoms with Gasteiger partial charge in [-0.25, -0.2) is 0 Å². The summed E-state index contributed by atoms with van der Waals surface area (Å²) in [5.41, 5.74) is 1.96. The fourth-order valence-corrected chi connectivity index (χ4v) is 2.19. The second kappa shape index (κ2) is 4.87. The lowest BCUT2D eigenvalue weighted by molar-refractivity contribution is 0.389. The van der Waals surface area contributed by atoms with Gasteiger partial charge in [-0.1, -0.05) is 32.9 Å². The van der Waals surface area contributed by atoms with Crippen LogP contribution in [0.5, 0.6) is 0 Å². The topological polar surface area (TPSA) is 3.24 Å². The minimum atomic E-state index is 0.524. The van der Waals surface area contributed by atoms with Crippen molar-refractivity contribution < 1.29 is 0 Å². The van der Waals surface area contributed by atoms with Gasteiger partial charge in [0.05, 0.1) is 0 Å². The van der Waals surface area contributed by atoms with Crippen LogP contribution in [0.4, 0.5) is 0 Å². The first-order valence-corrected chi connectivity index (χ1v) is 6.35. The van der Waals surface area contributed by atoms with Gasteiger partial charge in [-0.15, -0.1) is 0 Å². The summed E-state index contributed by atoms with van der Waals surface area (Å²) in [4.78, 5) is 2.42. The fourth-order valence-electron chi connectivity index (χ4n) is 2.19. The van der Waals surface area contributed by atoms with Crippen LogP contribution in [0.15, 0.2) is 23.9 Å². The molecule has 2 rings (SSSR count). The van der Waals surface area contributed by atoms with Gasteiger partial charge in [0.15, 0.2) is 0 Å². The second-order valence-corrected chi connectivity index (χ2v) is 4.41. The molecule has 0 amide bonds. The van der Waals surface area contributed by atoms with E-state index in [-0.39, 0.29) is 0 Å². The SMILES string of the molecule is CC.CCN(CC)C1=CC2CC2(C)C=C1. The maximum absolute atomic E-state index is 2.45. The normalized spacial score (nSPS) is 31.0. The molecule has 2 atom stereocenters. The molecule has 0 aromatic heterocycles. The monoisotopic (exact) mass is 207 g/mol. The third-order valence-corrected chi connectivity index (χ3v) is 3.48. The van der Waals surface area contributed by atoms with Crippen LogP contribution in [-0.4, -0.2) is 18.0 Å². The molecule has 0 saturated heterocycles. The van der Waals surface area contributed by atoms with E-state index in [1.807, 2.05) is 13.8 Å². The molecule has 0 aromatic rings. The summed E-state index contributed by atoms with van der Waals surface area (Å²) in [6.07, 6.45) is 8.50. The standard InChI is InChI=1S/C12H19N.C2H6/c1-4-13(5-2)11-6-7-12(3)9-10(12)8-11;1-2/h6-8,10H,4-5,9H2,1-3H3;1-2H3. The highest BCUT2D eigenvalue weighted by Crippen LogP contribution is 2.56. The Morgan fingerprint density at radius 3 is 2.40 bits per heavy atom. The van der Waals surface area contributed by atoms with Gasteiger partial charge in [-0.05, 0) is 37.7 Å². The third-order valence-electron chi connectivity index (χ3n) is 3.48. The summed E-state index contributed by atoms with van der Waals surface area (Å²) < 4.78 is 0. The molecule has 0 aromatic carbocycles. The number of hydrogen-bond acceptors (Lipinski definition) is 1. The molecule has 2 aliphatic rings. The Morgan fingerprint density at radius 2 is 1.93 bits per heavy atom. The van der Waals surface area contributed by atoms with E-state index in [9.17, 15) is 0 Å². The van der Waals surface area contributed by atoms with E-state index in [0.29, 0.717) is 5.41 Å². The van der Waals surface area contributed by atoms with Crippen molar-refractivity contribution in [3.63, 3.8) is 0 Å². The molecule has 2 aliphatic carbocycles. The van der Waals surface area contributed by atoms with Crippen molar-refractivity contribution in [2.45, 2.75) is 41.0 Å². The highest BCUT2D eigenvalue weighted by Gasteiger charge is 2.48. The molecule has 0 heterocycles. The van der Waals surface area contributed by atoms with Gasteiger partial charge < -0.3 is 4.90 Å². The molecule has 86 valence electrons. The predicted octanol–water partition coefficient (Wildman–Crippen LogP) is 3.83. The van der Waals surface area contributed by atoms with Crippen LogP contribution in [0.1, 0.15) is 41.0 Å². The molecule has 15 heavy (non-hydrogen) atoms. The first kappa shape index (κ1) is 12.4. The average molecular weight is 207 g/mol. The Labute approximate surface area is 94.9 Å². The Hall–Kier alpha value is -0.720. The highest BCUT2D eigenvalue weighted by atomic mass is 15.1. The van der Waals surface area contributed by atoms with E-state index in [2.05, 4.69) is 43.9 Å². The van der Waals surface area contributed by atoms with E-state index < -0.39 is 0 Å². The number of fused-ring (bicyclic) bond motifs is 1. The summed E-state index contributed by atoms with van der Waals surface area (Å²) in [5, 5.41) is 0. The van der Waals surface area contributed by atoms with Crippen molar-refractivity contribution in [3.05, 3.63) is 23.9 Å². The first-order valence-electron chi connectivity index (χ1n) is 6.35. The average Bonchev–Trinajstić information content (AvgIpc) is 2.94. The largest absolute Gasteiger partial charge is 0.372 e. The van der Waals surface area contributed by atoms with E-state index in [4.69, 9.17) is 0 Å². The smallest absolute Gasteiger partial charge is 0.0325 e. The van der Waals surface area contributed by atoms with E-state index >= 15 is 0 Å². The van der Waals surface area contributed by atoms with Crippen molar-refractivity contribution >= 4 is 0 Å². The minimum absolute atomic E-state index is 0.524. The molecule has 1 saturated carbocycles. The molecule has 0 spiro atoms. The maximum atomic E-state index is 2.45. The van der Waals surface area contributed by atoms with Crippen LogP contribution in [0, 0.1) is 11.3 Å². The Morgan fingerprint density at radius 1 is 1.33 bits per heavy atom. The maximum Gasteiger partial charge on any atom is 0.0325 e. The quantitative estimate of drug-likeness (QED) is 0.679. The lowest BCUT2D eigenvalue weighted by Crippen LogP contribution is -2.22. The predicted molar refractivity (Wildman–Crippen MR) is 67.7 cm³/mol. The lowest BCUT2D eigenvalue weighted by atomic mass is 10.0. The molecule has 0 N–H and O–H groups in total. The number of hydrogen-bond donors (Lipinski definition) is 0. The number of rotatable bonds is 3. The zero-order chi connectivity index (χ0) is 11.5. The Kier molecular flexibility index (Phi) is 4.01. The van der Waals surface area contributed by atoms with Crippen LogP contribution < -0.4 is 0 Å². The van der Waals surface area contributed by atoms with E-state index in [1.165, 1.54) is 12.1 Å². The van der Waals surface area contributed by atoms with Gasteiger partial charge in [0.2, 0.25) is 0 Å². The minimum Gasteiger partial charge on any atom is -0.372 e. The first-order chi connectivity index (χ1) is 7.19. The van der Waals surface area contributed by atoms with Crippen molar-refractivity contribution in [1.82, 2.24) is 4.90 Å². The molecule has 2 unspecified atom stereocenters. The molecule has 0 aliphatic heterocycles. The number of allylic oxidation sites excluding steroid dienone is 3. The molecule has 1 heteroatoms. The van der Waals surface area contributed by atoms with E-state index in [0.717, 1.165) is 19.0 Å². The van der Waals surface area contributed by atoms with Crippen molar-refractivity contribution in [3.8, 4) is 0 Å². The van der Waals surface area contributed by atoms with Gasteiger partial charge in [0.1, 0.15) is 0 Å². The van der Waals surface area contributed by atoms with Gasteiger partial charge in [-0.2, -0.15) is 0 Å². The van der Waals surface area contributed by atoms with Gasteiger partial charge in [0.25, 0.3) is 0 Å². The highest BCUT2D eigenvalue weighted by molar-refractivity contribution is 5.34. The Bertz CT molecular complexity index is 261. The van der Waals surface area contributed by atoms with E-state index in [1.54, 1.807) is 0 Å². The fraction of sp³-hybridized carbons (Fsp3) is 0.714. The molecule has 1 fully saturated rings. The van der Waals surface area contributed by atoms with Crippen molar-refractivity contribution in [2.24, 2.45) is 11.3 Å². The number of likely N-dealkylation sites (N-methyl/N-ethyl adjacent to an activating group) is 1. The molecule has 0 radical (unpaired) electrons. The summed E-state index contributed by atoms with van der Waals surface area (Å²) in [6.45, 7) is 13.0. The second-order valence-electron chi connectivity index (χ2n) is 4.41. The zero-order valence-electron chi connectivity index (χ0n) is 10.9. The van der Waals surface area contributed by atoms with Crippen LogP contribution in [-0.2, 0) is 0 Å². The Balaban J connectivity index is 0.000000531. The van der Waals surface area contributed by atoms with Gasteiger partial charge in [0, 0.05) is 18.8 Å². The van der Waals surface area contributed by atoms with Crippen molar-refractivity contribution in [1.29, 1.82) is 0 Å². The van der Waals surface area contributed by atoms with Crippen molar-refractivity contribution in [2.75, 3.05) is 13.1 Å². The molecule has 0 bridgehead atoms. The summed E-state index contributed by atoms with van der Waals surface area (Å²) >= 11 is 0. The van der Waals surface area contributed by atoms with Gasteiger partial charge in [-0.3, -0.25) is 0 Å². The molecular formula is C14H25N. The molecule has 1 nitrogen and oxygen atoms in total. The summed E-state index contributed by atoms with van der Waals surface area (Å²) in [5.74, 6) is 0.827.